The number of aromatic amines is 1. The Balaban J connectivity index is 1.76. The van der Waals surface area contributed by atoms with Crippen molar-refractivity contribution >= 4 is 15.9 Å². The van der Waals surface area contributed by atoms with Crippen molar-refractivity contribution in [1.29, 1.82) is 0 Å². The van der Waals surface area contributed by atoms with Crippen LogP contribution in [0.4, 0.5) is 0 Å². The van der Waals surface area contributed by atoms with E-state index in [4.69, 9.17) is 0 Å². The van der Waals surface area contributed by atoms with Gasteiger partial charge in [-0.05, 0) is 69.8 Å². The molecule has 0 saturated heterocycles. The zero-order valence-corrected chi connectivity index (χ0v) is 17.8. The van der Waals surface area contributed by atoms with Crippen molar-refractivity contribution in [3.05, 3.63) is 114 Å². The first-order valence-electron chi connectivity index (χ1n) is 9.83. The number of hydrogen-bond acceptors (Lipinski definition) is 1. The van der Waals surface area contributed by atoms with Crippen LogP contribution in [0.2, 0.25) is 0 Å². The maximum atomic E-state index is 4.49. The van der Waals surface area contributed by atoms with Crippen LogP contribution in [-0.4, -0.2) is 9.97 Å². The lowest BCUT2D eigenvalue weighted by molar-refractivity contribution is 1.31. The molecule has 0 aliphatic heterocycles. The number of nitrogens with zero attached hydrogens (tertiary/aromatic N) is 1. The summed E-state index contributed by atoms with van der Waals surface area (Å²) in [5.41, 5.74) is 8.15. The van der Waals surface area contributed by atoms with Gasteiger partial charge in [-0.25, -0.2) is 4.98 Å². The molecule has 0 atom stereocenters. The molecule has 1 aromatic heterocycles. The second-order valence-electron chi connectivity index (χ2n) is 7.16. The van der Waals surface area contributed by atoms with Crippen molar-refractivity contribution in [3.63, 3.8) is 0 Å². The molecule has 0 unspecified atom stereocenters. The SMILES string of the molecule is Brc1ccc(-c2ncc[nH]2)c(-c2cc(-c3ccccc3)cc(-c3ccccc3)c2)c1. The lowest BCUT2D eigenvalue weighted by Crippen LogP contribution is -1.90. The summed E-state index contributed by atoms with van der Waals surface area (Å²) in [7, 11) is 0. The minimum Gasteiger partial charge on any atom is -0.345 e. The molecule has 5 rings (SSSR count). The number of nitrogens with one attached hydrogen (secondary N) is 1. The smallest absolute Gasteiger partial charge is 0.137 e. The Labute approximate surface area is 184 Å². The third-order valence-electron chi connectivity index (χ3n) is 5.19. The average molecular weight is 451 g/mol. The Morgan fingerprint density at radius 1 is 0.567 bits per heavy atom. The maximum Gasteiger partial charge on any atom is 0.137 e. The number of aromatic nitrogens is 2. The number of halogens is 1. The predicted octanol–water partition coefficient (Wildman–Crippen LogP) is 7.84. The van der Waals surface area contributed by atoms with E-state index in [0.717, 1.165) is 27.0 Å². The van der Waals surface area contributed by atoms with Gasteiger partial charge in [0.05, 0.1) is 0 Å². The van der Waals surface area contributed by atoms with E-state index in [1.165, 1.54) is 22.3 Å². The first-order valence-corrected chi connectivity index (χ1v) is 10.6. The van der Waals surface area contributed by atoms with Gasteiger partial charge in [0.25, 0.3) is 0 Å². The topological polar surface area (TPSA) is 28.7 Å². The molecule has 0 bridgehead atoms. The van der Waals surface area contributed by atoms with E-state index in [0.29, 0.717) is 0 Å². The van der Waals surface area contributed by atoms with E-state index in [9.17, 15) is 0 Å². The van der Waals surface area contributed by atoms with Gasteiger partial charge in [-0.1, -0.05) is 76.6 Å². The van der Waals surface area contributed by atoms with Crippen LogP contribution in [0.15, 0.2) is 114 Å². The standard InChI is InChI=1S/C27H19BrN2/c28-24-11-12-25(27-29-13-14-30-27)26(18-24)23-16-21(19-7-3-1-4-8-19)15-22(17-23)20-9-5-2-6-10-20/h1-18H,(H,29,30). The molecule has 1 N–H and O–H groups in total. The van der Waals surface area contributed by atoms with Gasteiger partial charge in [0, 0.05) is 22.4 Å². The molecule has 0 radical (unpaired) electrons. The summed E-state index contributed by atoms with van der Waals surface area (Å²) in [6, 6.07) is 34.2. The fourth-order valence-corrected chi connectivity index (χ4v) is 4.11. The molecule has 30 heavy (non-hydrogen) atoms. The van der Waals surface area contributed by atoms with Gasteiger partial charge in [-0.2, -0.15) is 0 Å². The Morgan fingerprint density at radius 3 is 1.73 bits per heavy atom. The van der Waals surface area contributed by atoms with Crippen molar-refractivity contribution in [2.75, 3.05) is 0 Å². The predicted molar refractivity (Wildman–Crippen MR) is 128 cm³/mol. The quantitative estimate of drug-likeness (QED) is 0.296. The van der Waals surface area contributed by atoms with E-state index >= 15 is 0 Å². The van der Waals surface area contributed by atoms with Crippen molar-refractivity contribution in [1.82, 2.24) is 9.97 Å². The summed E-state index contributed by atoms with van der Waals surface area (Å²) in [5.74, 6) is 0.865. The van der Waals surface area contributed by atoms with E-state index in [-0.39, 0.29) is 0 Å². The molecular formula is C27H19BrN2. The summed E-state index contributed by atoms with van der Waals surface area (Å²) in [4.78, 5) is 7.74. The van der Waals surface area contributed by atoms with Gasteiger partial charge < -0.3 is 4.98 Å². The van der Waals surface area contributed by atoms with Crippen LogP contribution in [0.3, 0.4) is 0 Å². The van der Waals surface area contributed by atoms with Gasteiger partial charge in [0.2, 0.25) is 0 Å². The summed E-state index contributed by atoms with van der Waals surface area (Å²) in [6.45, 7) is 0. The zero-order chi connectivity index (χ0) is 20.3. The minimum absolute atomic E-state index is 0.865. The van der Waals surface area contributed by atoms with Gasteiger partial charge in [0.15, 0.2) is 0 Å². The second-order valence-corrected chi connectivity index (χ2v) is 8.07. The van der Waals surface area contributed by atoms with Crippen molar-refractivity contribution in [2.24, 2.45) is 0 Å². The normalized spacial score (nSPS) is 10.8. The molecule has 144 valence electrons. The highest BCUT2D eigenvalue weighted by Crippen LogP contribution is 2.37. The van der Waals surface area contributed by atoms with Crippen LogP contribution in [0.5, 0.6) is 0 Å². The van der Waals surface area contributed by atoms with Crippen molar-refractivity contribution in [3.8, 4) is 44.8 Å². The minimum atomic E-state index is 0.865. The van der Waals surface area contributed by atoms with Gasteiger partial charge >= 0.3 is 0 Å². The highest BCUT2D eigenvalue weighted by atomic mass is 79.9. The van der Waals surface area contributed by atoms with Crippen LogP contribution in [0, 0.1) is 0 Å². The molecule has 0 spiro atoms. The summed E-state index contributed by atoms with van der Waals surface area (Å²) in [5, 5.41) is 0. The van der Waals surface area contributed by atoms with E-state index < -0.39 is 0 Å². The third kappa shape index (κ3) is 3.72. The number of H-pyrrole nitrogens is 1. The fraction of sp³-hybridized carbons (Fsp3) is 0. The van der Waals surface area contributed by atoms with Crippen molar-refractivity contribution in [2.45, 2.75) is 0 Å². The first-order chi connectivity index (χ1) is 14.8. The third-order valence-corrected chi connectivity index (χ3v) is 5.69. The molecule has 0 saturated carbocycles. The molecule has 3 heteroatoms. The highest BCUT2D eigenvalue weighted by Gasteiger charge is 2.13. The lowest BCUT2D eigenvalue weighted by atomic mass is 9.91. The molecule has 0 fully saturated rings. The number of rotatable bonds is 4. The molecule has 0 amide bonds. The largest absolute Gasteiger partial charge is 0.345 e. The molecule has 2 nitrogen and oxygen atoms in total. The zero-order valence-electron chi connectivity index (χ0n) is 16.2. The summed E-state index contributed by atoms with van der Waals surface area (Å²) in [6.07, 6.45) is 3.65. The Kier molecular flexibility index (Phi) is 5.04. The monoisotopic (exact) mass is 450 g/mol. The second kappa shape index (κ2) is 8.13. The summed E-state index contributed by atoms with van der Waals surface area (Å²) < 4.78 is 1.04. The number of benzene rings is 4. The first kappa shape index (κ1) is 18.6. The average Bonchev–Trinajstić information content (AvgIpc) is 3.35. The highest BCUT2D eigenvalue weighted by molar-refractivity contribution is 9.10. The van der Waals surface area contributed by atoms with Crippen LogP contribution < -0.4 is 0 Å². The maximum absolute atomic E-state index is 4.49. The lowest BCUT2D eigenvalue weighted by Gasteiger charge is -2.14. The Hall–Kier alpha value is -3.43. The van der Waals surface area contributed by atoms with Gasteiger partial charge in [-0.15, -0.1) is 0 Å². The summed E-state index contributed by atoms with van der Waals surface area (Å²) >= 11 is 3.65. The van der Waals surface area contributed by atoms with E-state index in [1.807, 2.05) is 6.20 Å². The van der Waals surface area contributed by atoms with Gasteiger partial charge in [-0.3, -0.25) is 0 Å². The molecule has 4 aromatic carbocycles. The van der Waals surface area contributed by atoms with Gasteiger partial charge in [0.1, 0.15) is 5.82 Å². The number of imidazole rings is 1. The van der Waals surface area contributed by atoms with Crippen LogP contribution in [0.25, 0.3) is 44.8 Å². The number of hydrogen-bond donors (Lipinski definition) is 1. The van der Waals surface area contributed by atoms with E-state index in [2.05, 4.69) is 123 Å². The Morgan fingerprint density at radius 2 is 1.17 bits per heavy atom. The van der Waals surface area contributed by atoms with E-state index in [1.54, 1.807) is 6.20 Å². The Bertz CT molecular complexity index is 1220. The molecule has 1 heterocycles. The molecule has 0 aliphatic carbocycles. The molecular weight excluding hydrogens is 432 g/mol. The van der Waals surface area contributed by atoms with Crippen LogP contribution >= 0.6 is 15.9 Å². The molecule has 5 aromatic rings. The fourth-order valence-electron chi connectivity index (χ4n) is 3.75. The van der Waals surface area contributed by atoms with Crippen LogP contribution in [0.1, 0.15) is 0 Å². The van der Waals surface area contributed by atoms with Crippen LogP contribution in [-0.2, 0) is 0 Å². The van der Waals surface area contributed by atoms with Crippen molar-refractivity contribution < 1.29 is 0 Å². The molecule has 0 aliphatic rings.